The summed E-state index contributed by atoms with van der Waals surface area (Å²) in [7, 11) is 0. The topological polar surface area (TPSA) is 64.7 Å². The van der Waals surface area contributed by atoms with E-state index in [1.807, 2.05) is 25.1 Å². The van der Waals surface area contributed by atoms with Crippen molar-refractivity contribution in [1.29, 1.82) is 0 Å². The highest BCUT2D eigenvalue weighted by Gasteiger charge is 2.07. The van der Waals surface area contributed by atoms with E-state index in [0.717, 1.165) is 21.6 Å². The maximum absolute atomic E-state index is 5.76. The van der Waals surface area contributed by atoms with Gasteiger partial charge in [0, 0.05) is 11.9 Å². The van der Waals surface area contributed by atoms with Crippen LogP contribution in [0.15, 0.2) is 34.0 Å². The molecule has 0 fully saturated rings. The summed E-state index contributed by atoms with van der Waals surface area (Å²) in [6.45, 7) is 1.90. The second-order valence-corrected chi connectivity index (χ2v) is 5.14. The summed E-state index contributed by atoms with van der Waals surface area (Å²) in [5.41, 5.74) is 7.61. The highest BCUT2D eigenvalue weighted by Crippen LogP contribution is 2.25. The monoisotopic (exact) mass is 310 g/mol. The van der Waals surface area contributed by atoms with E-state index >= 15 is 0 Å². The molecule has 6 heteroatoms. The molecule has 2 N–H and O–H groups in total. The van der Waals surface area contributed by atoms with Crippen LogP contribution in [0.1, 0.15) is 11.4 Å². The summed E-state index contributed by atoms with van der Waals surface area (Å²) in [4.78, 5) is 12.8. The zero-order valence-corrected chi connectivity index (χ0v) is 11.6. The largest absolute Gasteiger partial charge is 0.383 e. The van der Waals surface area contributed by atoms with Gasteiger partial charge in [-0.1, -0.05) is 17.8 Å². The second-order valence-electron chi connectivity index (χ2n) is 3.40. The van der Waals surface area contributed by atoms with Crippen LogP contribution in [0.2, 0.25) is 0 Å². The van der Waals surface area contributed by atoms with E-state index in [4.69, 9.17) is 5.73 Å². The lowest BCUT2D eigenvalue weighted by Gasteiger charge is -2.05. The third-order valence-electron chi connectivity index (χ3n) is 2.10. The van der Waals surface area contributed by atoms with Crippen LogP contribution in [0.4, 0.5) is 5.82 Å². The van der Waals surface area contributed by atoms with Crippen LogP contribution in [0.3, 0.4) is 0 Å². The number of hydrogen-bond donors (Lipinski definition) is 1. The molecule has 4 nitrogen and oxygen atoms in total. The maximum Gasteiger partial charge on any atom is 0.190 e. The van der Waals surface area contributed by atoms with Gasteiger partial charge in [0.05, 0.1) is 15.9 Å². The average molecular weight is 311 g/mol. The molecule has 2 heterocycles. The van der Waals surface area contributed by atoms with E-state index < -0.39 is 0 Å². The van der Waals surface area contributed by atoms with Crippen LogP contribution in [-0.4, -0.2) is 15.0 Å². The summed E-state index contributed by atoms with van der Waals surface area (Å²) in [6.07, 6.45) is 1.78. The van der Waals surface area contributed by atoms with Gasteiger partial charge in [0.25, 0.3) is 0 Å². The number of aryl methyl sites for hydroxylation is 1. The number of nitrogen functional groups attached to an aromatic ring is 1. The van der Waals surface area contributed by atoms with Crippen molar-refractivity contribution in [2.24, 2.45) is 0 Å². The quantitative estimate of drug-likeness (QED) is 0.697. The van der Waals surface area contributed by atoms with Gasteiger partial charge in [0.1, 0.15) is 5.82 Å². The van der Waals surface area contributed by atoms with Gasteiger partial charge in [-0.2, -0.15) is 0 Å². The van der Waals surface area contributed by atoms with E-state index in [-0.39, 0.29) is 0 Å². The molecule has 0 atom stereocenters. The van der Waals surface area contributed by atoms with E-state index in [1.54, 1.807) is 6.20 Å². The van der Waals surface area contributed by atoms with Crippen LogP contribution in [-0.2, 0) is 5.75 Å². The number of halogens is 1. The molecule has 2 aromatic rings. The molecular formula is C11H11BrN4S. The molecule has 0 amide bonds. The first-order valence-corrected chi connectivity index (χ1v) is 6.77. The molecule has 0 bridgehead atoms. The second kappa shape index (κ2) is 5.46. The Morgan fingerprint density at radius 2 is 2.18 bits per heavy atom. The van der Waals surface area contributed by atoms with Gasteiger partial charge in [0.2, 0.25) is 0 Å². The van der Waals surface area contributed by atoms with Crippen molar-refractivity contribution in [2.45, 2.75) is 17.8 Å². The molecule has 2 aromatic heterocycles. The Kier molecular flexibility index (Phi) is 3.96. The first-order chi connectivity index (χ1) is 8.16. The Bertz CT molecular complexity index is 495. The highest BCUT2D eigenvalue weighted by atomic mass is 79.9. The summed E-state index contributed by atoms with van der Waals surface area (Å²) in [5, 5.41) is 0.675. The third-order valence-corrected chi connectivity index (χ3v) is 3.96. The van der Waals surface area contributed by atoms with Crippen molar-refractivity contribution in [3.63, 3.8) is 0 Å². The Morgan fingerprint density at radius 3 is 2.82 bits per heavy atom. The van der Waals surface area contributed by atoms with Crippen molar-refractivity contribution >= 4 is 33.5 Å². The summed E-state index contributed by atoms with van der Waals surface area (Å²) < 4.78 is 0.764. The first-order valence-electron chi connectivity index (χ1n) is 4.99. The lowest BCUT2D eigenvalue weighted by atomic mass is 10.4. The molecule has 0 radical (unpaired) electrons. The number of anilines is 1. The molecule has 0 spiro atoms. The molecule has 2 rings (SSSR count). The van der Waals surface area contributed by atoms with Gasteiger partial charge in [0.15, 0.2) is 5.16 Å². The molecular weight excluding hydrogens is 300 g/mol. The minimum atomic E-state index is 0.473. The van der Waals surface area contributed by atoms with Crippen LogP contribution in [0.5, 0.6) is 0 Å². The minimum Gasteiger partial charge on any atom is -0.383 e. The van der Waals surface area contributed by atoms with Gasteiger partial charge in [-0.3, -0.25) is 4.98 Å². The van der Waals surface area contributed by atoms with E-state index in [9.17, 15) is 0 Å². The van der Waals surface area contributed by atoms with Gasteiger partial charge >= 0.3 is 0 Å². The normalized spacial score (nSPS) is 10.5. The third kappa shape index (κ3) is 3.17. The Balaban J connectivity index is 2.10. The average Bonchev–Trinajstić information content (AvgIpc) is 2.34. The number of rotatable bonds is 3. The summed E-state index contributed by atoms with van der Waals surface area (Å²) in [6, 6.07) is 5.83. The van der Waals surface area contributed by atoms with Crippen LogP contribution in [0, 0.1) is 6.92 Å². The van der Waals surface area contributed by atoms with E-state index in [0.29, 0.717) is 11.0 Å². The Hall–Kier alpha value is -1.14. The van der Waals surface area contributed by atoms with Crippen LogP contribution >= 0.6 is 27.7 Å². The standard InChI is InChI=1S/C11H11BrN4S/c1-7-9(12)10(13)16-11(15-7)17-6-8-4-2-3-5-14-8/h2-5H,6H2,1H3,(H2,13,15,16). The fourth-order valence-corrected chi connectivity index (χ4v) is 2.23. The van der Waals surface area contributed by atoms with Crippen LogP contribution in [0.25, 0.3) is 0 Å². The maximum atomic E-state index is 5.76. The van der Waals surface area contributed by atoms with Gasteiger partial charge in [-0.25, -0.2) is 9.97 Å². The van der Waals surface area contributed by atoms with E-state index in [2.05, 4.69) is 30.9 Å². The zero-order chi connectivity index (χ0) is 12.3. The van der Waals surface area contributed by atoms with E-state index in [1.165, 1.54) is 11.8 Å². The number of nitrogens with zero attached hydrogens (tertiary/aromatic N) is 3. The summed E-state index contributed by atoms with van der Waals surface area (Å²) >= 11 is 4.86. The molecule has 0 aliphatic rings. The van der Waals surface area contributed by atoms with Crippen LogP contribution < -0.4 is 5.73 Å². The van der Waals surface area contributed by atoms with Crippen molar-refractivity contribution in [2.75, 3.05) is 5.73 Å². The molecule has 0 unspecified atom stereocenters. The van der Waals surface area contributed by atoms with Crippen molar-refractivity contribution in [3.05, 3.63) is 40.3 Å². The molecule has 0 aromatic carbocycles. The Morgan fingerprint density at radius 1 is 1.35 bits per heavy atom. The smallest absolute Gasteiger partial charge is 0.190 e. The number of pyridine rings is 1. The molecule has 0 saturated carbocycles. The van der Waals surface area contributed by atoms with Gasteiger partial charge in [-0.05, 0) is 35.0 Å². The predicted molar refractivity (Wildman–Crippen MR) is 72.7 cm³/mol. The molecule has 0 saturated heterocycles. The summed E-state index contributed by atoms with van der Waals surface area (Å²) in [5.74, 6) is 1.21. The van der Waals surface area contributed by atoms with Crippen molar-refractivity contribution < 1.29 is 0 Å². The van der Waals surface area contributed by atoms with Crippen molar-refractivity contribution in [3.8, 4) is 0 Å². The highest BCUT2D eigenvalue weighted by molar-refractivity contribution is 9.10. The number of nitrogens with two attached hydrogens (primary N) is 1. The molecule has 88 valence electrons. The molecule has 0 aliphatic carbocycles. The predicted octanol–water partition coefficient (Wildman–Crippen LogP) is 2.82. The van der Waals surface area contributed by atoms with Crippen molar-refractivity contribution in [1.82, 2.24) is 15.0 Å². The first kappa shape index (κ1) is 12.3. The number of thioether (sulfide) groups is 1. The molecule has 0 aliphatic heterocycles. The fraction of sp³-hybridized carbons (Fsp3) is 0.182. The fourth-order valence-electron chi connectivity index (χ4n) is 1.24. The lowest BCUT2D eigenvalue weighted by Crippen LogP contribution is -1.99. The minimum absolute atomic E-state index is 0.473. The number of aromatic nitrogens is 3. The SMILES string of the molecule is Cc1nc(SCc2ccccn2)nc(N)c1Br. The lowest BCUT2D eigenvalue weighted by molar-refractivity contribution is 0.929. The van der Waals surface area contributed by atoms with Gasteiger partial charge in [-0.15, -0.1) is 0 Å². The number of hydrogen-bond acceptors (Lipinski definition) is 5. The zero-order valence-electron chi connectivity index (χ0n) is 9.22. The Labute approximate surface area is 112 Å². The van der Waals surface area contributed by atoms with Gasteiger partial charge < -0.3 is 5.73 Å². The molecule has 17 heavy (non-hydrogen) atoms.